The maximum atomic E-state index is 13.2. The molecule has 1 aromatic heterocycles. The number of aryl methyl sites for hydroxylation is 1. The fourth-order valence-electron chi connectivity index (χ4n) is 5.30. The number of sulfonamides is 1. The lowest BCUT2D eigenvalue weighted by molar-refractivity contribution is 0.319. The van der Waals surface area contributed by atoms with Crippen LogP contribution in [0.1, 0.15) is 41.1 Å². The second-order valence-electron chi connectivity index (χ2n) is 9.16. The smallest absolute Gasteiger partial charge is 0.243 e. The van der Waals surface area contributed by atoms with Gasteiger partial charge in [-0.3, -0.25) is 0 Å². The quantitative estimate of drug-likeness (QED) is 0.318. The van der Waals surface area contributed by atoms with Crippen molar-refractivity contribution in [3.8, 4) is 0 Å². The molecule has 4 nitrogen and oxygen atoms in total. The third-order valence-corrected chi connectivity index (χ3v) is 9.30. The molecular weight excluding hydrogens is 464 g/mol. The van der Waals surface area contributed by atoms with Crippen LogP contribution in [0.4, 0.5) is 0 Å². The lowest BCUT2D eigenvalue weighted by atomic mass is 9.88. The van der Waals surface area contributed by atoms with E-state index in [4.69, 9.17) is 11.6 Å². The van der Waals surface area contributed by atoms with Crippen LogP contribution in [0, 0.1) is 13.8 Å². The van der Waals surface area contributed by atoms with Gasteiger partial charge in [0.2, 0.25) is 10.0 Å². The molecule has 1 aliphatic rings. The summed E-state index contributed by atoms with van der Waals surface area (Å²) < 4.78 is 30.4. The number of rotatable bonds is 5. The molecule has 6 heteroatoms. The van der Waals surface area contributed by atoms with Gasteiger partial charge in [-0.05, 0) is 73.6 Å². The molecule has 0 atom stereocenters. The van der Waals surface area contributed by atoms with Crippen molar-refractivity contribution in [1.82, 2.24) is 8.87 Å². The summed E-state index contributed by atoms with van der Waals surface area (Å²) in [6, 6.07) is 23.7. The van der Waals surface area contributed by atoms with Crippen LogP contribution in [-0.2, 0) is 16.6 Å². The normalized spacial score (nSPS) is 15.7. The van der Waals surface area contributed by atoms with Gasteiger partial charge in [0, 0.05) is 41.3 Å². The van der Waals surface area contributed by atoms with Crippen molar-refractivity contribution >= 4 is 32.5 Å². The van der Waals surface area contributed by atoms with Crippen LogP contribution in [0.25, 0.3) is 10.9 Å². The lowest BCUT2D eigenvalue weighted by Crippen LogP contribution is -2.38. The Morgan fingerprint density at radius 2 is 1.62 bits per heavy atom. The largest absolute Gasteiger partial charge is 0.340 e. The van der Waals surface area contributed by atoms with E-state index in [-0.39, 0.29) is 4.90 Å². The average molecular weight is 493 g/mol. The van der Waals surface area contributed by atoms with Crippen LogP contribution >= 0.6 is 11.6 Å². The van der Waals surface area contributed by atoms with Crippen molar-refractivity contribution in [1.29, 1.82) is 0 Å². The van der Waals surface area contributed by atoms with Gasteiger partial charge in [0.15, 0.2) is 0 Å². The Kier molecular flexibility index (Phi) is 6.28. The van der Waals surface area contributed by atoms with E-state index >= 15 is 0 Å². The molecule has 1 aliphatic heterocycles. The summed E-state index contributed by atoms with van der Waals surface area (Å²) in [6.45, 7) is 6.23. The van der Waals surface area contributed by atoms with Gasteiger partial charge in [0.25, 0.3) is 0 Å². The van der Waals surface area contributed by atoms with Gasteiger partial charge < -0.3 is 4.57 Å². The predicted octanol–water partition coefficient (Wildman–Crippen LogP) is 6.53. The van der Waals surface area contributed by atoms with Crippen molar-refractivity contribution in [2.75, 3.05) is 13.1 Å². The first-order chi connectivity index (χ1) is 16.4. The first kappa shape index (κ1) is 23.2. The fraction of sp³-hybridized carbons (Fsp3) is 0.286. The third-order valence-electron chi connectivity index (χ3n) is 7.17. The van der Waals surface area contributed by atoms with Crippen LogP contribution in [0.3, 0.4) is 0 Å². The summed E-state index contributed by atoms with van der Waals surface area (Å²) in [5.41, 5.74) is 6.50. The summed E-state index contributed by atoms with van der Waals surface area (Å²) >= 11 is 6.05. The summed E-state index contributed by atoms with van der Waals surface area (Å²) in [6.07, 6.45) is 1.61. The minimum absolute atomic E-state index is 0.268. The second kappa shape index (κ2) is 9.21. The van der Waals surface area contributed by atoms with Crippen LogP contribution in [-0.4, -0.2) is 30.4 Å². The van der Waals surface area contributed by atoms with Gasteiger partial charge in [-0.15, -0.1) is 0 Å². The van der Waals surface area contributed by atoms with Crippen LogP contribution in [0.2, 0.25) is 5.02 Å². The second-order valence-corrected chi connectivity index (χ2v) is 11.5. The number of aromatic nitrogens is 1. The molecular formula is C28H29ClN2O2S. The highest BCUT2D eigenvalue weighted by molar-refractivity contribution is 7.89. The molecule has 0 bridgehead atoms. The molecule has 0 radical (unpaired) electrons. The van der Waals surface area contributed by atoms with Gasteiger partial charge in [-0.2, -0.15) is 4.31 Å². The number of halogens is 1. The van der Waals surface area contributed by atoms with Gasteiger partial charge >= 0.3 is 0 Å². The molecule has 0 aliphatic carbocycles. The topological polar surface area (TPSA) is 42.3 Å². The van der Waals surface area contributed by atoms with E-state index in [2.05, 4.69) is 66.9 Å². The molecule has 0 spiro atoms. The maximum absolute atomic E-state index is 13.2. The summed E-state index contributed by atoms with van der Waals surface area (Å²) in [5.74, 6) is 0.328. The van der Waals surface area contributed by atoms with E-state index in [1.807, 2.05) is 0 Å². The molecule has 0 saturated carbocycles. The van der Waals surface area contributed by atoms with Gasteiger partial charge in [-0.25, -0.2) is 8.42 Å². The SMILES string of the molecule is Cc1ccccc1Cn1c(C)c(C2CCN(S(=O)(=O)c3cccc(Cl)c3)CC2)c2ccccc21. The maximum Gasteiger partial charge on any atom is 0.243 e. The lowest BCUT2D eigenvalue weighted by Gasteiger charge is -2.31. The van der Waals surface area contributed by atoms with E-state index in [0.717, 1.165) is 19.4 Å². The average Bonchev–Trinajstić information content (AvgIpc) is 3.12. The van der Waals surface area contributed by atoms with Crippen molar-refractivity contribution < 1.29 is 8.42 Å². The van der Waals surface area contributed by atoms with Gasteiger partial charge in [-0.1, -0.05) is 60.1 Å². The number of nitrogens with zero attached hydrogens (tertiary/aromatic N) is 2. The molecule has 1 fully saturated rings. The van der Waals surface area contributed by atoms with Crippen LogP contribution in [0.15, 0.2) is 77.7 Å². The Hall–Kier alpha value is -2.60. The Labute approximate surface area is 206 Å². The molecule has 34 heavy (non-hydrogen) atoms. The molecule has 0 unspecified atom stereocenters. The fourth-order valence-corrected chi connectivity index (χ4v) is 7.07. The van der Waals surface area contributed by atoms with E-state index < -0.39 is 10.0 Å². The molecule has 1 saturated heterocycles. The number of benzene rings is 3. The highest BCUT2D eigenvalue weighted by Crippen LogP contribution is 2.39. The van der Waals surface area contributed by atoms with Crippen LogP contribution < -0.4 is 0 Å². The molecule has 5 rings (SSSR count). The number of piperidine rings is 1. The summed E-state index contributed by atoms with van der Waals surface area (Å²) in [5, 5.41) is 1.72. The number of fused-ring (bicyclic) bond motifs is 1. The first-order valence-electron chi connectivity index (χ1n) is 11.7. The minimum Gasteiger partial charge on any atom is -0.340 e. The van der Waals surface area contributed by atoms with Crippen molar-refractivity contribution in [3.05, 3.63) is 100 Å². The Balaban J connectivity index is 1.44. The summed E-state index contributed by atoms with van der Waals surface area (Å²) in [7, 11) is -3.54. The molecule has 2 heterocycles. The third kappa shape index (κ3) is 4.17. The van der Waals surface area contributed by atoms with Crippen LogP contribution in [0.5, 0.6) is 0 Å². The Bertz CT molecular complexity index is 1450. The van der Waals surface area contributed by atoms with E-state index in [9.17, 15) is 8.42 Å². The Morgan fingerprint density at radius 3 is 2.35 bits per heavy atom. The number of hydrogen-bond acceptors (Lipinski definition) is 2. The monoisotopic (exact) mass is 492 g/mol. The number of hydrogen-bond donors (Lipinski definition) is 0. The van der Waals surface area contributed by atoms with Gasteiger partial charge in [0.05, 0.1) is 4.90 Å². The van der Waals surface area contributed by atoms with E-state index in [1.165, 1.54) is 39.4 Å². The zero-order valence-corrected chi connectivity index (χ0v) is 21.1. The molecule has 0 N–H and O–H groups in total. The van der Waals surface area contributed by atoms with Crippen molar-refractivity contribution in [3.63, 3.8) is 0 Å². The molecule has 0 amide bonds. The highest BCUT2D eigenvalue weighted by atomic mass is 35.5. The highest BCUT2D eigenvalue weighted by Gasteiger charge is 2.32. The standard InChI is InChI=1S/C28H29ClN2O2S/c1-20-8-3-4-9-23(20)19-31-21(2)28(26-12-5-6-13-27(26)31)22-14-16-30(17-15-22)34(32,33)25-11-7-10-24(29)18-25/h3-13,18,22H,14-17,19H2,1-2H3. The van der Waals surface area contributed by atoms with Crippen molar-refractivity contribution in [2.45, 2.75) is 44.0 Å². The van der Waals surface area contributed by atoms with Gasteiger partial charge in [0.1, 0.15) is 0 Å². The molecule has 3 aromatic carbocycles. The molecule has 176 valence electrons. The first-order valence-corrected chi connectivity index (χ1v) is 13.6. The molecule has 4 aromatic rings. The van der Waals surface area contributed by atoms with E-state index in [0.29, 0.717) is 24.0 Å². The van der Waals surface area contributed by atoms with E-state index in [1.54, 1.807) is 22.5 Å². The summed E-state index contributed by atoms with van der Waals surface area (Å²) in [4.78, 5) is 0.268. The zero-order valence-electron chi connectivity index (χ0n) is 19.5. The predicted molar refractivity (Wildman–Crippen MR) is 139 cm³/mol. The number of para-hydroxylation sites is 1. The minimum atomic E-state index is -3.54. The Morgan fingerprint density at radius 1 is 0.912 bits per heavy atom. The van der Waals surface area contributed by atoms with Crippen molar-refractivity contribution in [2.24, 2.45) is 0 Å². The zero-order chi connectivity index (χ0) is 23.9.